The lowest BCUT2D eigenvalue weighted by molar-refractivity contribution is -0.137. The van der Waals surface area contributed by atoms with Gasteiger partial charge in [0.1, 0.15) is 0 Å². The number of aromatic nitrogens is 2. The smallest absolute Gasteiger partial charge is 0.416 e. The van der Waals surface area contributed by atoms with Gasteiger partial charge in [0, 0.05) is 29.0 Å². The van der Waals surface area contributed by atoms with Crippen LogP contribution in [0.3, 0.4) is 0 Å². The summed E-state index contributed by atoms with van der Waals surface area (Å²) >= 11 is 1.19. The molecule has 1 aromatic carbocycles. The van der Waals surface area contributed by atoms with E-state index in [1.165, 1.54) is 41.9 Å². The molecule has 0 radical (unpaired) electrons. The quantitative estimate of drug-likeness (QED) is 0.703. The molecule has 0 aliphatic rings. The summed E-state index contributed by atoms with van der Waals surface area (Å²) in [5.74, 6) is -1.10. The lowest BCUT2D eigenvalue weighted by Crippen LogP contribution is -2.05. The Balaban J connectivity index is 1.83. The van der Waals surface area contributed by atoms with Gasteiger partial charge in [-0.15, -0.1) is 11.3 Å². The van der Waals surface area contributed by atoms with Gasteiger partial charge in [-0.3, -0.25) is 4.98 Å². The van der Waals surface area contributed by atoms with Gasteiger partial charge in [-0.05, 0) is 24.3 Å². The van der Waals surface area contributed by atoms with Crippen LogP contribution in [0.1, 0.15) is 15.9 Å². The molecule has 0 atom stereocenters. The molecule has 5 nitrogen and oxygen atoms in total. The van der Waals surface area contributed by atoms with Crippen LogP contribution < -0.4 is 5.32 Å². The van der Waals surface area contributed by atoms with E-state index in [1.807, 2.05) is 0 Å². The number of nitrogens with zero attached hydrogens (tertiary/aromatic N) is 2. The number of alkyl halides is 3. The first-order valence-corrected chi connectivity index (χ1v) is 7.79. The number of hydrogen-bond acceptors (Lipinski definition) is 5. The van der Waals surface area contributed by atoms with Gasteiger partial charge in [-0.25, -0.2) is 9.78 Å². The minimum atomic E-state index is -4.42. The van der Waals surface area contributed by atoms with Crippen molar-refractivity contribution in [3.8, 4) is 11.3 Å². The second-order valence-electron chi connectivity index (χ2n) is 5.01. The first-order chi connectivity index (χ1) is 11.8. The molecule has 0 amide bonds. The maximum atomic E-state index is 12.7. The summed E-state index contributed by atoms with van der Waals surface area (Å²) in [6.45, 7) is 0. The molecule has 2 heterocycles. The first-order valence-electron chi connectivity index (χ1n) is 6.91. The topological polar surface area (TPSA) is 75.1 Å². The second kappa shape index (κ2) is 6.52. The summed E-state index contributed by atoms with van der Waals surface area (Å²) in [5, 5.41) is 13.9. The standard InChI is InChI=1S/C16H10F3N3O2S/c17-16(18,19)11-2-1-3-12(5-11)21-15-22-13(8-25-15)9-4-10(14(23)24)7-20-6-9/h1-8H,(H,21,22)(H,23,24). The van der Waals surface area contributed by atoms with Gasteiger partial charge in [-0.1, -0.05) is 6.07 Å². The van der Waals surface area contributed by atoms with Crippen molar-refractivity contribution >= 4 is 28.1 Å². The van der Waals surface area contributed by atoms with Crippen molar-refractivity contribution in [1.82, 2.24) is 9.97 Å². The summed E-state index contributed by atoms with van der Waals surface area (Å²) < 4.78 is 38.2. The number of anilines is 2. The van der Waals surface area contributed by atoms with Crippen LogP contribution in [-0.2, 0) is 6.18 Å². The van der Waals surface area contributed by atoms with Gasteiger partial charge in [0.15, 0.2) is 5.13 Å². The summed E-state index contributed by atoms with van der Waals surface area (Å²) in [7, 11) is 0. The average molecular weight is 365 g/mol. The van der Waals surface area contributed by atoms with E-state index in [4.69, 9.17) is 5.11 Å². The molecule has 128 valence electrons. The average Bonchev–Trinajstić information content (AvgIpc) is 3.03. The number of benzene rings is 1. The highest BCUT2D eigenvalue weighted by molar-refractivity contribution is 7.14. The van der Waals surface area contributed by atoms with Gasteiger partial charge < -0.3 is 10.4 Å². The van der Waals surface area contributed by atoms with Gasteiger partial charge in [0.25, 0.3) is 0 Å². The minimum Gasteiger partial charge on any atom is -0.478 e. The Hall–Kier alpha value is -2.94. The summed E-state index contributed by atoms with van der Waals surface area (Å²) in [4.78, 5) is 19.1. The predicted molar refractivity (Wildman–Crippen MR) is 87.0 cm³/mol. The maximum Gasteiger partial charge on any atom is 0.416 e. The number of halogens is 3. The Morgan fingerprint density at radius 1 is 1.20 bits per heavy atom. The van der Waals surface area contributed by atoms with Gasteiger partial charge in [0.2, 0.25) is 0 Å². The van der Waals surface area contributed by atoms with E-state index in [0.717, 1.165) is 12.1 Å². The molecule has 25 heavy (non-hydrogen) atoms. The lowest BCUT2D eigenvalue weighted by Gasteiger charge is -2.08. The van der Waals surface area contributed by atoms with Crippen LogP contribution in [0.5, 0.6) is 0 Å². The van der Waals surface area contributed by atoms with Crippen molar-refractivity contribution in [2.75, 3.05) is 5.32 Å². The molecule has 0 bridgehead atoms. The highest BCUT2D eigenvalue weighted by Crippen LogP contribution is 2.32. The predicted octanol–water partition coefficient (Wildman–Crippen LogP) is 4.67. The molecule has 2 aromatic heterocycles. The number of rotatable bonds is 4. The molecule has 2 N–H and O–H groups in total. The van der Waals surface area contributed by atoms with E-state index in [0.29, 0.717) is 16.4 Å². The lowest BCUT2D eigenvalue weighted by atomic mass is 10.2. The number of carboxylic acids is 1. The fraction of sp³-hybridized carbons (Fsp3) is 0.0625. The van der Waals surface area contributed by atoms with E-state index in [1.54, 1.807) is 5.38 Å². The van der Waals surface area contributed by atoms with Crippen LogP contribution in [0, 0.1) is 0 Å². The molecule has 0 saturated heterocycles. The Bertz CT molecular complexity index is 925. The molecular weight excluding hydrogens is 355 g/mol. The van der Waals surface area contributed by atoms with E-state index in [2.05, 4.69) is 15.3 Å². The zero-order valence-electron chi connectivity index (χ0n) is 12.4. The van der Waals surface area contributed by atoms with Crippen LogP contribution in [0.15, 0.2) is 48.1 Å². The molecule has 0 spiro atoms. The number of pyridine rings is 1. The van der Waals surface area contributed by atoms with E-state index in [-0.39, 0.29) is 11.3 Å². The number of nitrogens with one attached hydrogen (secondary N) is 1. The third kappa shape index (κ3) is 3.94. The van der Waals surface area contributed by atoms with Gasteiger partial charge in [0.05, 0.1) is 16.8 Å². The van der Waals surface area contributed by atoms with Crippen LogP contribution in [0.4, 0.5) is 24.0 Å². The molecule has 0 unspecified atom stereocenters. The molecule has 3 aromatic rings. The third-order valence-corrected chi connectivity index (χ3v) is 3.98. The van der Waals surface area contributed by atoms with Crippen LogP contribution in [0.25, 0.3) is 11.3 Å². The number of thiazole rings is 1. The number of aromatic carboxylic acids is 1. The first kappa shape index (κ1) is 16.9. The number of carbonyl (C=O) groups is 1. The fourth-order valence-corrected chi connectivity index (χ4v) is 2.80. The van der Waals surface area contributed by atoms with Crippen LogP contribution >= 0.6 is 11.3 Å². The highest BCUT2D eigenvalue weighted by Gasteiger charge is 2.30. The summed E-state index contributed by atoms with van der Waals surface area (Å²) in [6.07, 6.45) is -1.73. The van der Waals surface area contributed by atoms with Crippen LogP contribution in [0.2, 0.25) is 0 Å². The third-order valence-electron chi connectivity index (χ3n) is 3.23. The minimum absolute atomic E-state index is 0.0258. The molecule has 0 aliphatic carbocycles. The monoisotopic (exact) mass is 365 g/mol. The van der Waals surface area contributed by atoms with Crippen molar-refractivity contribution in [2.24, 2.45) is 0 Å². The highest BCUT2D eigenvalue weighted by atomic mass is 32.1. The van der Waals surface area contributed by atoms with Crippen molar-refractivity contribution in [3.05, 3.63) is 59.2 Å². The van der Waals surface area contributed by atoms with Crippen LogP contribution in [-0.4, -0.2) is 21.0 Å². The summed E-state index contributed by atoms with van der Waals surface area (Å²) in [6, 6.07) is 6.22. The van der Waals surface area contributed by atoms with Crippen molar-refractivity contribution < 1.29 is 23.1 Å². The van der Waals surface area contributed by atoms with Crippen molar-refractivity contribution in [1.29, 1.82) is 0 Å². The molecule has 3 rings (SSSR count). The second-order valence-corrected chi connectivity index (χ2v) is 5.87. The van der Waals surface area contributed by atoms with E-state index < -0.39 is 17.7 Å². The molecular formula is C16H10F3N3O2S. The Morgan fingerprint density at radius 3 is 2.72 bits per heavy atom. The SMILES string of the molecule is O=C(O)c1cncc(-c2csc(Nc3cccc(C(F)(F)F)c3)n2)c1. The molecule has 9 heteroatoms. The van der Waals surface area contributed by atoms with Crippen molar-refractivity contribution in [2.45, 2.75) is 6.18 Å². The molecule has 0 aliphatic heterocycles. The summed E-state index contributed by atoms with van der Waals surface area (Å²) in [5.41, 5.74) is 0.516. The zero-order chi connectivity index (χ0) is 18.0. The zero-order valence-corrected chi connectivity index (χ0v) is 13.2. The Morgan fingerprint density at radius 2 is 2.00 bits per heavy atom. The largest absolute Gasteiger partial charge is 0.478 e. The van der Waals surface area contributed by atoms with E-state index >= 15 is 0 Å². The number of hydrogen-bond donors (Lipinski definition) is 2. The molecule has 0 saturated carbocycles. The van der Waals surface area contributed by atoms with Crippen molar-refractivity contribution in [3.63, 3.8) is 0 Å². The maximum absolute atomic E-state index is 12.7. The fourth-order valence-electron chi connectivity index (χ4n) is 2.06. The Labute approximate surface area is 143 Å². The van der Waals surface area contributed by atoms with E-state index in [9.17, 15) is 18.0 Å². The normalized spacial score (nSPS) is 11.3. The van der Waals surface area contributed by atoms with Gasteiger partial charge in [-0.2, -0.15) is 13.2 Å². The van der Waals surface area contributed by atoms with Gasteiger partial charge >= 0.3 is 12.1 Å². The molecule has 0 fully saturated rings. The number of carboxylic acid groups (broad SMARTS) is 1. The Kier molecular flexibility index (Phi) is 4.41.